The molecule has 0 fully saturated rings. The van der Waals surface area contributed by atoms with Crippen molar-refractivity contribution in [3.63, 3.8) is 0 Å². The monoisotopic (exact) mass is 282 g/mol. The predicted octanol–water partition coefficient (Wildman–Crippen LogP) is 4.17. The maximum Gasteiger partial charge on any atom is 0.214 e. The zero-order valence-corrected chi connectivity index (χ0v) is 11.2. The molecule has 0 saturated carbocycles. The second-order valence-electron chi connectivity index (χ2n) is 4.31. The number of benzene rings is 2. The molecule has 0 aliphatic rings. The van der Waals surface area contributed by atoms with Gasteiger partial charge in [0.1, 0.15) is 0 Å². The van der Waals surface area contributed by atoms with Gasteiger partial charge in [0.25, 0.3) is 0 Å². The fourth-order valence-corrected chi connectivity index (χ4v) is 2.05. The van der Waals surface area contributed by atoms with E-state index in [9.17, 15) is 5.11 Å². The van der Waals surface area contributed by atoms with E-state index in [1.807, 2.05) is 42.5 Å². The maximum absolute atomic E-state index is 9.79. The minimum absolute atomic E-state index is 0.0520. The Kier molecular flexibility index (Phi) is 3.35. The summed E-state index contributed by atoms with van der Waals surface area (Å²) >= 11 is 5.87. The zero-order chi connectivity index (χ0) is 13.9. The third-order valence-electron chi connectivity index (χ3n) is 2.88. The predicted molar refractivity (Wildman–Crippen MR) is 79.6 cm³/mol. The Morgan fingerprint density at radius 3 is 2.20 bits per heavy atom. The van der Waals surface area contributed by atoms with Gasteiger partial charge in [0.05, 0.1) is 5.69 Å². The number of aromatic hydroxyl groups is 1. The van der Waals surface area contributed by atoms with Gasteiger partial charge in [-0.3, -0.25) is 0 Å². The van der Waals surface area contributed by atoms with Gasteiger partial charge in [0, 0.05) is 22.2 Å². The molecule has 0 atom stereocenters. The Hall–Kier alpha value is -2.39. The maximum atomic E-state index is 9.79. The molecule has 3 rings (SSSR count). The van der Waals surface area contributed by atoms with Crippen molar-refractivity contribution in [2.24, 2.45) is 0 Å². The molecule has 3 aromatic rings. The summed E-state index contributed by atoms with van der Waals surface area (Å²) in [6.07, 6.45) is 0. The van der Waals surface area contributed by atoms with E-state index in [0.29, 0.717) is 16.5 Å². The van der Waals surface area contributed by atoms with Crippen LogP contribution in [0.15, 0.2) is 60.7 Å². The Morgan fingerprint density at radius 2 is 1.50 bits per heavy atom. The first-order valence-electron chi connectivity index (χ1n) is 6.12. The topological polar surface area (TPSA) is 46.0 Å². The first-order valence-corrected chi connectivity index (χ1v) is 6.49. The smallest absolute Gasteiger partial charge is 0.214 e. The number of aromatic nitrogens is 2. The van der Waals surface area contributed by atoms with Crippen LogP contribution in [-0.4, -0.2) is 15.1 Å². The molecule has 98 valence electrons. The summed E-state index contributed by atoms with van der Waals surface area (Å²) in [5.41, 5.74) is 2.42. The van der Waals surface area contributed by atoms with Crippen LogP contribution in [0.5, 0.6) is 5.88 Å². The minimum Gasteiger partial charge on any atom is -0.493 e. The number of halogens is 1. The van der Waals surface area contributed by atoms with Crippen molar-refractivity contribution in [3.05, 3.63) is 65.7 Å². The molecular weight excluding hydrogens is 272 g/mol. The van der Waals surface area contributed by atoms with Gasteiger partial charge >= 0.3 is 0 Å². The minimum atomic E-state index is -0.0520. The number of hydrogen-bond acceptors (Lipinski definition) is 3. The van der Waals surface area contributed by atoms with Crippen LogP contribution in [0.1, 0.15) is 0 Å². The van der Waals surface area contributed by atoms with E-state index in [-0.39, 0.29) is 5.88 Å². The van der Waals surface area contributed by atoms with Gasteiger partial charge in [0.2, 0.25) is 5.88 Å². The van der Waals surface area contributed by atoms with Crippen molar-refractivity contribution in [1.82, 2.24) is 9.97 Å². The first kappa shape index (κ1) is 12.6. The molecule has 0 aliphatic carbocycles. The Morgan fingerprint density at radius 1 is 0.800 bits per heavy atom. The molecule has 0 unspecified atom stereocenters. The highest BCUT2D eigenvalue weighted by Gasteiger charge is 2.07. The SMILES string of the molecule is Oc1cc(-c2ccccc2)nc(-c2ccc(Cl)cc2)n1. The first-order chi connectivity index (χ1) is 9.72. The molecule has 0 bridgehead atoms. The number of rotatable bonds is 2. The standard InChI is InChI=1S/C16H11ClN2O/c17-13-8-6-12(7-9-13)16-18-14(10-15(20)19-16)11-4-2-1-3-5-11/h1-10H,(H,18,19,20). The van der Waals surface area contributed by atoms with E-state index < -0.39 is 0 Å². The van der Waals surface area contributed by atoms with E-state index in [0.717, 1.165) is 11.1 Å². The van der Waals surface area contributed by atoms with Crippen molar-refractivity contribution in [1.29, 1.82) is 0 Å². The molecule has 1 N–H and O–H groups in total. The normalized spacial score (nSPS) is 10.4. The molecule has 0 saturated heterocycles. The highest BCUT2D eigenvalue weighted by Crippen LogP contribution is 2.25. The summed E-state index contributed by atoms with van der Waals surface area (Å²) in [6, 6.07) is 18.4. The molecule has 0 radical (unpaired) electrons. The van der Waals surface area contributed by atoms with E-state index in [4.69, 9.17) is 11.6 Å². The lowest BCUT2D eigenvalue weighted by Gasteiger charge is -2.05. The zero-order valence-electron chi connectivity index (χ0n) is 10.5. The van der Waals surface area contributed by atoms with Gasteiger partial charge in [-0.1, -0.05) is 41.9 Å². The van der Waals surface area contributed by atoms with Crippen molar-refractivity contribution in [2.75, 3.05) is 0 Å². The molecule has 1 heterocycles. The Balaban J connectivity index is 2.09. The molecule has 2 aromatic carbocycles. The fraction of sp³-hybridized carbons (Fsp3) is 0. The van der Waals surface area contributed by atoms with Gasteiger partial charge < -0.3 is 5.11 Å². The van der Waals surface area contributed by atoms with E-state index >= 15 is 0 Å². The van der Waals surface area contributed by atoms with Gasteiger partial charge in [-0.2, -0.15) is 4.98 Å². The highest BCUT2D eigenvalue weighted by molar-refractivity contribution is 6.30. The van der Waals surface area contributed by atoms with Gasteiger partial charge in [-0.15, -0.1) is 0 Å². The summed E-state index contributed by atoms with van der Waals surface area (Å²) in [5, 5.41) is 10.4. The van der Waals surface area contributed by atoms with Crippen LogP contribution < -0.4 is 0 Å². The molecule has 3 nitrogen and oxygen atoms in total. The van der Waals surface area contributed by atoms with Crippen LogP contribution in [0.3, 0.4) is 0 Å². The third kappa shape index (κ3) is 2.63. The van der Waals surface area contributed by atoms with Gasteiger partial charge in [-0.05, 0) is 24.3 Å². The molecule has 1 aromatic heterocycles. The second-order valence-corrected chi connectivity index (χ2v) is 4.74. The van der Waals surface area contributed by atoms with E-state index in [1.54, 1.807) is 18.2 Å². The van der Waals surface area contributed by atoms with Crippen LogP contribution in [0.4, 0.5) is 0 Å². The van der Waals surface area contributed by atoms with Crippen LogP contribution in [0, 0.1) is 0 Å². The number of hydrogen-bond donors (Lipinski definition) is 1. The summed E-state index contributed by atoms with van der Waals surface area (Å²) in [6.45, 7) is 0. The van der Waals surface area contributed by atoms with Crippen molar-refractivity contribution >= 4 is 11.6 Å². The van der Waals surface area contributed by atoms with Crippen LogP contribution in [-0.2, 0) is 0 Å². The molecule has 4 heteroatoms. The Bertz CT molecular complexity index is 727. The van der Waals surface area contributed by atoms with E-state index in [1.165, 1.54) is 0 Å². The van der Waals surface area contributed by atoms with E-state index in [2.05, 4.69) is 9.97 Å². The molecular formula is C16H11ClN2O. The van der Waals surface area contributed by atoms with Crippen LogP contribution in [0.2, 0.25) is 5.02 Å². The molecule has 0 amide bonds. The highest BCUT2D eigenvalue weighted by atomic mass is 35.5. The fourth-order valence-electron chi connectivity index (χ4n) is 1.92. The van der Waals surface area contributed by atoms with Gasteiger partial charge in [-0.25, -0.2) is 4.98 Å². The van der Waals surface area contributed by atoms with Gasteiger partial charge in [0.15, 0.2) is 5.82 Å². The second kappa shape index (κ2) is 5.31. The lowest BCUT2D eigenvalue weighted by atomic mass is 10.1. The lowest BCUT2D eigenvalue weighted by Crippen LogP contribution is -1.92. The quantitative estimate of drug-likeness (QED) is 0.767. The van der Waals surface area contributed by atoms with Crippen molar-refractivity contribution < 1.29 is 5.11 Å². The van der Waals surface area contributed by atoms with Crippen LogP contribution >= 0.6 is 11.6 Å². The van der Waals surface area contributed by atoms with Crippen molar-refractivity contribution in [3.8, 4) is 28.5 Å². The summed E-state index contributed by atoms with van der Waals surface area (Å²) in [4.78, 5) is 8.55. The van der Waals surface area contributed by atoms with Crippen LogP contribution in [0.25, 0.3) is 22.6 Å². The molecule has 0 spiro atoms. The lowest BCUT2D eigenvalue weighted by molar-refractivity contribution is 0.453. The average Bonchev–Trinajstić information content (AvgIpc) is 2.48. The molecule has 0 aliphatic heterocycles. The largest absolute Gasteiger partial charge is 0.493 e. The third-order valence-corrected chi connectivity index (χ3v) is 3.14. The van der Waals surface area contributed by atoms with Crippen molar-refractivity contribution in [2.45, 2.75) is 0 Å². The summed E-state index contributed by atoms with van der Waals surface area (Å²) in [5.74, 6) is 0.421. The number of nitrogens with zero attached hydrogens (tertiary/aromatic N) is 2. The summed E-state index contributed by atoms with van der Waals surface area (Å²) in [7, 11) is 0. The summed E-state index contributed by atoms with van der Waals surface area (Å²) < 4.78 is 0. The Labute approximate surface area is 121 Å². The average molecular weight is 283 g/mol. The molecule has 20 heavy (non-hydrogen) atoms.